The molecule has 1 saturated heterocycles. The molecule has 2 rings (SSSR count). The zero-order valence-corrected chi connectivity index (χ0v) is 10.3. The van der Waals surface area contributed by atoms with E-state index in [1.807, 2.05) is 0 Å². The SMILES string of the molecule is CC1(O)CCN(C(=O)c2cc(F)cc([N+](=O)[O-])c2)C1. The molecule has 1 aromatic rings. The number of nitro groups is 1. The molecule has 0 aliphatic carbocycles. The maximum atomic E-state index is 13.3. The Hall–Kier alpha value is -2.02. The lowest BCUT2D eigenvalue weighted by molar-refractivity contribution is -0.385. The lowest BCUT2D eigenvalue weighted by Gasteiger charge is -2.19. The van der Waals surface area contributed by atoms with Crippen molar-refractivity contribution in [2.45, 2.75) is 18.9 Å². The van der Waals surface area contributed by atoms with Crippen LogP contribution in [0.1, 0.15) is 23.7 Å². The third kappa shape index (κ3) is 2.87. The van der Waals surface area contributed by atoms with Gasteiger partial charge in [-0.25, -0.2) is 4.39 Å². The van der Waals surface area contributed by atoms with Crippen LogP contribution in [0.15, 0.2) is 18.2 Å². The molecular formula is C12H13FN2O4. The van der Waals surface area contributed by atoms with E-state index in [1.165, 1.54) is 4.90 Å². The Labute approximate surface area is 108 Å². The fraction of sp³-hybridized carbons (Fsp3) is 0.417. The molecule has 1 aliphatic rings. The van der Waals surface area contributed by atoms with Gasteiger partial charge in [-0.15, -0.1) is 0 Å². The van der Waals surface area contributed by atoms with Gasteiger partial charge >= 0.3 is 0 Å². The second-order valence-corrected chi connectivity index (χ2v) is 4.93. The van der Waals surface area contributed by atoms with E-state index in [2.05, 4.69) is 0 Å². The molecule has 7 heteroatoms. The summed E-state index contributed by atoms with van der Waals surface area (Å²) >= 11 is 0. The molecule has 1 aliphatic heterocycles. The van der Waals surface area contributed by atoms with Gasteiger partial charge in [-0.05, 0) is 19.4 Å². The van der Waals surface area contributed by atoms with Gasteiger partial charge in [-0.1, -0.05) is 0 Å². The molecule has 0 radical (unpaired) electrons. The van der Waals surface area contributed by atoms with Gasteiger partial charge in [0.05, 0.1) is 16.6 Å². The van der Waals surface area contributed by atoms with Crippen molar-refractivity contribution in [3.8, 4) is 0 Å². The minimum atomic E-state index is -0.963. The molecule has 6 nitrogen and oxygen atoms in total. The number of non-ortho nitro benzene ring substituents is 1. The van der Waals surface area contributed by atoms with E-state index in [4.69, 9.17) is 0 Å². The number of hydrogen-bond donors (Lipinski definition) is 1. The molecule has 1 atom stereocenters. The number of hydrogen-bond acceptors (Lipinski definition) is 4. The minimum Gasteiger partial charge on any atom is -0.388 e. The molecule has 1 fully saturated rings. The van der Waals surface area contributed by atoms with Crippen molar-refractivity contribution in [1.29, 1.82) is 0 Å². The van der Waals surface area contributed by atoms with E-state index in [0.717, 1.165) is 18.2 Å². The first-order valence-electron chi connectivity index (χ1n) is 5.75. The topological polar surface area (TPSA) is 83.7 Å². The largest absolute Gasteiger partial charge is 0.388 e. The molecular weight excluding hydrogens is 255 g/mol. The predicted molar refractivity (Wildman–Crippen MR) is 64.2 cm³/mol. The number of rotatable bonds is 2. The number of benzene rings is 1. The molecule has 1 heterocycles. The van der Waals surface area contributed by atoms with E-state index >= 15 is 0 Å². The van der Waals surface area contributed by atoms with Crippen LogP contribution in [0.3, 0.4) is 0 Å². The highest BCUT2D eigenvalue weighted by molar-refractivity contribution is 5.95. The minimum absolute atomic E-state index is 0.0793. The molecule has 0 aromatic heterocycles. The number of β-amino-alcohol motifs (C(OH)–C–C–N with tert-alkyl or cyclic N) is 1. The monoisotopic (exact) mass is 268 g/mol. The van der Waals surface area contributed by atoms with E-state index in [9.17, 15) is 24.4 Å². The van der Waals surface area contributed by atoms with Crippen LogP contribution >= 0.6 is 0 Å². The van der Waals surface area contributed by atoms with Crippen LogP contribution < -0.4 is 0 Å². The van der Waals surface area contributed by atoms with Gasteiger partial charge in [0.15, 0.2) is 0 Å². The molecule has 0 bridgehead atoms. The Kier molecular flexibility index (Phi) is 3.23. The average molecular weight is 268 g/mol. The van der Waals surface area contributed by atoms with Crippen molar-refractivity contribution >= 4 is 11.6 Å². The number of nitrogens with zero attached hydrogens (tertiary/aromatic N) is 2. The van der Waals surface area contributed by atoms with E-state index in [0.29, 0.717) is 13.0 Å². The zero-order valence-electron chi connectivity index (χ0n) is 10.3. The van der Waals surface area contributed by atoms with Crippen molar-refractivity contribution in [3.63, 3.8) is 0 Å². The quantitative estimate of drug-likeness (QED) is 0.648. The predicted octanol–water partition coefficient (Wildman–Crippen LogP) is 1.33. The van der Waals surface area contributed by atoms with Gasteiger partial charge in [0.1, 0.15) is 5.82 Å². The Morgan fingerprint density at radius 2 is 2.21 bits per heavy atom. The van der Waals surface area contributed by atoms with Crippen LogP contribution in [-0.2, 0) is 0 Å². The van der Waals surface area contributed by atoms with Gasteiger partial charge in [0.2, 0.25) is 0 Å². The molecule has 1 aromatic carbocycles. The second kappa shape index (κ2) is 4.58. The van der Waals surface area contributed by atoms with Crippen LogP contribution in [0.25, 0.3) is 0 Å². The third-order valence-electron chi connectivity index (χ3n) is 3.08. The summed E-state index contributed by atoms with van der Waals surface area (Å²) < 4.78 is 13.3. The summed E-state index contributed by atoms with van der Waals surface area (Å²) in [5, 5.41) is 20.4. The number of carbonyl (C=O) groups is 1. The fourth-order valence-corrected chi connectivity index (χ4v) is 2.10. The smallest absolute Gasteiger partial charge is 0.273 e. The summed E-state index contributed by atoms with van der Waals surface area (Å²) in [4.78, 5) is 23.3. The van der Waals surface area contributed by atoms with Gasteiger partial charge in [-0.3, -0.25) is 14.9 Å². The summed E-state index contributed by atoms with van der Waals surface area (Å²) in [7, 11) is 0. The highest BCUT2D eigenvalue weighted by Crippen LogP contribution is 2.24. The standard InChI is InChI=1S/C12H13FN2O4/c1-12(17)2-3-14(7-12)11(16)8-4-9(13)6-10(5-8)15(18)19/h4-6,17H,2-3,7H2,1H3. The van der Waals surface area contributed by atoms with Crippen LogP contribution in [0.5, 0.6) is 0 Å². The Morgan fingerprint density at radius 3 is 2.74 bits per heavy atom. The van der Waals surface area contributed by atoms with Crippen molar-refractivity contribution in [2.75, 3.05) is 13.1 Å². The molecule has 0 spiro atoms. The van der Waals surface area contributed by atoms with Crippen LogP contribution in [0.4, 0.5) is 10.1 Å². The number of nitro benzene ring substituents is 1. The summed E-state index contributed by atoms with van der Waals surface area (Å²) in [6.45, 7) is 2.08. The number of amides is 1. The maximum Gasteiger partial charge on any atom is 0.273 e. The number of aliphatic hydroxyl groups is 1. The average Bonchev–Trinajstić information content (AvgIpc) is 2.68. The molecule has 1 amide bonds. The van der Waals surface area contributed by atoms with Crippen LogP contribution in [0.2, 0.25) is 0 Å². The third-order valence-corrected chi connectivity index (χ3v) is 3.08. The van der Waals surface area contributed by atoms with E-state index in [1.54, 1.807) is 6.92 Å². The van der Waals surface area contributed by atoms with Crippen LogP contribution in [-0.4, -0.2) is 39.5 Å². The second-order valence-electron chi connectivity index (χ2n) is 4.93. The number of halogens is 1. The Bertz CT molecular complexity index is 545. The van der Waals surface area contributed by atoms with Crippen molar-refractivity contribution < 1.29 is 19.2 Å². The van der Waals surface area contributed by atoms with Crippen molar-refractivity contribution in [2.24, 2.45) is 0 Å². The van der Waals surface area contributed by atoms with Gasteiger partial charge in [0, 0.05) is 24.7 Å². The lowest BCUT2D eigenvalue weighted by atomic mass is 10.1. The molecule has 102 valence electrons. The van der Waals surface area contributed by atoms with Gasteiger partial charge < -0.3 is 10.0 Å². The summed E-state index contributed by atoms with van der Waals surface area (Å²) in [6.07, 6.45) is 0.427. The molecule has 0 saturated carbocycles. The summed E-state index contributed by atoms with van der Waals surface area (Å²) in [6, 6.07) is 2.76. The molecule has 1 N–H and O–H groups in total. The fourth-order valence-electron chi connectivity index (χ4n) is 2.10. The summed E-state index contributed by atoms with van der Waals surface area (Å²) in [5.41, 5.74) is -1.51. The van der Waals surface area contributed by atoms with Gasteiger partial charge in [0.25, 0.3) is 11.6 Å². The van der Waals surface area contributed by atoms with Crippen LogP contribution in [0, 0.1) is 15.9 Å². The number of carbonyl (C=O) groups excluding carboxylic acids is 1. The lowest BCUT2D eigenvalue weighted by Crippen LogP contribution is -2.33. The Balaban J connectivity index is 2.27. The zero-order chi connectivity index (χ0) is 14.2. The van der Waals surface area contributed by atoms with E-state index < -0.39 is 27.9 Å². The van der Waals surface area contributed by atoms with E-state index in [-0.39, 0.29) is 12.1 Å². The van der Waals surface area contributed by atoms with Crippen molar-refractivity contribution in [3.05, 3.63) is 39.7 Å². The number of likely N-dealkylation sites (tertiary alicyclic amines) is 1. The molecule has 1 unspecified atom stereocenters. The normalized spacial score (nSPS) is 22.6. The first-order valence-corrected chi connectivity index (χ1v) is 5.75. The summed E-state index contributed by atoms with van der Waals surface area (Å²) in [5.74, 6) is -1.34. The highest BCUT2D eigenvalue weighted by atomic mass is 19.1. The Morgan fingerprint density at radius 1 is 1.53 bits per heavy atom. The first kappa shape index (κ1) is 13.4. The first-order chi connectivity index (χ1) is 8.78. The highest BCUT2D eigenvalue weighted by Gasteiger charge is 2.34. The molecule has 19 heavy (non-hydrogen) atoms. The maximum absolute atomic E-state index is 13.3. The van der Waals surface area contributed by atoms with Gasteiger partial charge in [-0.2, -0.15) is 0 Å². The van der Waals surface area contributed by atoms with Crippen molar-refractivity contribution in [1.82, 2.24) is 4.90 Å².